The van der Waals surface area contributed by atoms with Gasteiger partial charge in [-0.25, -0.2) is 0 Å². The molecule has 0 saturated carbocycles. The van der Waals surface area contributed by atoms with E-state index in [0.29, 0.717) is 31.2 Å². The lowest BCUT2D eigenvalue weighted by Crippen LogP contribution is -2.51. The number of carbonyl (C=O) groups excluding carboxylic acids is 2. The highest BCUT2D eigenvalue weighted by Gasteiger charge is 2.26. The first kappa shape index (κ1) is 20.1. The first-order valence-electron chi connectivity index (χ1n) is 8.79. The van der Waals surface area contributed by atoms with Crippen molar-refractivity contribution in [2.75, 3.05) is 26.2 Å². The number of benzene rings is 2. The number of hydrogen-bond acceptors (Lipinski definition) is 3. The molecule has 0 bridgehead atoms. The smallest absolute Gasteiger partial charge is 0.387 e. The van der Waals surface area contributed by atoms with Crippen LogP contribution in [0.4, 0.5) is 8.78 Å². The zero-order valence-corrected chi connectivity index (χ0v) is 15.7. The third-order valence-corrected chi connectivity index (χ3v) is 4.77. The Balaban J connectivity index is 1.58. The Morgan fingerprint density at radius 1 is 0.964 bits per heavy atom. The summed E-state index contributed by atoms with van der Waals surface area (Å²) in [7, 11) is 0. The van der Waals surface area contributed by atoms with Crippen LogP contribution in [0.2, 0.25) is 5.02 Å². The van der Waals surface area contributed by atoms with Crippen LogP contribution in [0.3, 0.4) is 0 Å². The van der Waals surface area contributed by atoms with E-state index in [2.05, 4.69) is 4.74 Å². The number of amides is 2. The van der Waals surface area contributed by atoms with Gasteiger partial charge in [-0.1, -0.05) is 35.9 Å². The summed E-state index contributed by atoms with van der Waals surface area (Å²) in [4.78, 5) is 28.4. The first-order valence-corrected chi connectivity index (χ1v) is 9.17. The van der Waals surface area contributed by atoms with Gasteiger partial charge in [0, 0.05) is 31.2 Å². The molecule has 2 aromatic carbocycles. The molecule has 0 aromatic heterocycles. The van der Waals surface area contributed by atoms with Crippen LogP contribution >= 0.6 is 11.6 Å². The molecule has 0 aliphatic carbocycles. The zero-order valence-electron chi connectivity index (χ0n) is 15.0. The lowest BCUT2D eigenvalue weighted by Gasteiger charge is -2.35. The highest BCUT2D eigenvalue weighted by Crippen LogP contribution is 2.22. The number of nitrogens with zero attached hydrogens (tertiary/aromatic N) is 2. The molecular weight excluding hydrogens is 390 g/mol. The van der Waals surface area contributed by atoms with Crippen molar-refractivity contribution in [2.24, 2.45) is 0 Å². The quantitative estimate of drug-likeness (QED) is 0.761. The fraction of sp³-hybridized carbons (Fsp3) is 0.300. The number of halogens is 3. The van der Waals surface area contributed by atoms with Gasteiger partial charge in [0.05, 0.1) is 12.0 Å². The van der Waals surface area contributed by atoms with E-state index in [1.54, 1.807) is 40.1 Å². The molecule has 0 unspecified atom stereocenters. The van der Waals surface area contributed by atoms with Crippen LogP contribution in [0.15, 0.2) is 48.5 Å². The summed E-state index contributed by atoms with van der Waals surface area (Å²) in [6.45, 7) is -1.58. The van der Waals surface area contributed by atoms with Crippen LogP contribution < -0.4 is 4.74 Å². The van der Waals surface area contributed by atoms with Crippen LogP contribution in [0, 0.1) is 0 Å². The number of piperazine rings is 1. The molecule has 1 heterocycles. The fourth-order valence-corrected chi connectivity index (χ4v) is 3.19. The van der Waals surface area contributed by atoms with E-state index in [4.69, 9.17) is 11.6 Å². The highest BCUT2D eigenvalue weighted by molar-refractivity contribution is 6.30. The maximum absolute atomic E-state index is 12.7. The molecule has 2 aromatic rings. The summed E-state index contributed by atoms with van der Waals surface area (Å²) >= 11 is 5.85. The Hall–Kier alpha value is -2.67. The van der Waals surface area contributed by atoms with Crippen molar-refractivity contribution < 1.29 is 23.1 Å². The number of carbonyl (C=O) groups is 2. The molecule has 2 amide bonds. The molecule has 148 valence electrons. The molecule has 0 N–H and O–H groups in total. The second-order valence-corrected chi connectivity index (χ2v) is 6.79. The van der Waals surface area contributed by atoms with Gasteiger partial charge in [-0.2, -0.15) is 8.78 Å². The minimum atomic E-state index is -3.00. The number of rotatable bonds is 5. The van der Waals surface area contributed by atoms with Gasteiger partial charge in [0.1, 0.15) is 5.75 Å². The minimum absolute atomic E-state index is 0.0316. The molecule has 8 heteroatoms. The Kier molecular flexibility index (Phi) is 6.46. The van der Waals surface area contributed by atoms with Crippen molar-refractivity contribution in [3.05, 3.63) is 64.7 Å². The van der Waals surface area contributed by atoms with E-state index in [0.717, 1.165) is 5.56 Å². The van der Waals surface area contributed by atoms with Crippen molar-refractivity contribution in [1.82, 2.24) is 9.80 Å². The van der Waals surface area contributed by atoms with Crippen LogP contribution in [-0.2, 0) is 11.2 Å². The predicted molar refractivity (Wildman–Crippen MR) is 101 cm³/mol. The van der Waals surface area contributed by atoms with Crippen LogP contribution in [-0.4, -0.2) is 54.4 Å². The maximum atomic E-state index is 12.7. The normalized spacial score (nSPS) is 14.3. The first-order chi connectivity index (χ1) is 13.4. The van der Waals surface area contributed by atoms with E-state index in [1.807, 2.05) is 0 Å². The Morgan fingerprint density at radius 2 is 1.57 bits per heavy atom. The van der Waals surface area contributed by atoms with Crippen LogP contribution in [0.1, 0.15) is 15.9 Å². The molecule has 3 rings (SSSR count). The molecule has 5 nitrogen and oxygen atoms in total. The largest absolute Gasteiger partial charge is 0.434 e. The second kappa shape index (κ2) is 9.01. The van der Waals surface area contributed by atoms with Crippen molar-refractivity contribution in [1.29, 1.82) is 0 Å². The Labute approximate surface area is 166 Å². The van der Waals surface area contributed by atoms with Gasteiger partial charge >= 0.3 is 6.61 Å². The highest BCUT2D eigenvalue weighted by atomic mass is 35.5. The van der Waals surface area contributed by atoms with Gasteiger partial charge in [0.15, 0.2) is 0 Å². The number of hydrogen-bond donors (Lipinski definition) is 0. The van der Waals surface area contributed by atoms with Gasteiger partial charge in [0.2, 0.25) is 5.91 Å². The van der Waals surface area contributed by atoms with E-state index in [9.17, 15) is 18.4 Å². The summed E-state index contributed by atoms with van der Waals surface area (Å²) in [5.74, 6) is -0.569. The van der Waals surface area contributed by atoms with Crippen molar-refractivity contribution in [3.63, 3.8) is 0 Å². The summed E-state index contributed by atoms with van der Waals surface area (Å²) in [6.07, 6.45) is 0.260. The summed E-state index contributed by atoms with van der Waals surface area (Å²) < 4.78 is 29.5. The SMILES string of the molecule is O=C(Cc1ccc(Cl)cc1)N1CCN(C(=O)c2ccccc2OC(F)F)CC1. The van der Waals surface area contributed by atoms with Crippen LogP contribution in [0.25, 0.3) is 0 Å². The molecule has 1 aliphatic rings. The average Bonchev–Trinajstić information content (AvgIpc) is 2.69. The van der Waals surface area contributed by atoms with Crippen molar-refractivity contribution in [2.45, 2.75) is 13.0 Å². The molecular formula is C20H19ClF2N2O3. The van der Waals surface area contributed by atoms with Gasteiger partial charge in [-0.3, -0.25) is 9.59 Å². The van der Waals surface area contributed by atoms with Gasteiger partial charge < -0.3 is 14.5 Å². The molecule has 1 saturated heterocycles. The fourth-order valence-electron chi connectivity index (χ4n) is 3.06. The Bertz CT molecular complexity index is 838. The van der Waals surface area contributed by atoms with Crippen molar-refractivity contribution >= 4 is 23.4 Å². The van der Waals surface area contributed by atoms with Gasteiger partial charge in [-0.05, 0) is 29.8 Å². The predicted octanol–water partition coefficient (Wildman–Crippen LogP) is 3.47. The average molecular weight is 409 g/mol. The standard InChI is InChI=1S/C20H19ClF2N2O3/c21-15-7-5-14(6-8-15)13-18(26)24-9-11-25(12-10-24)19(27)16-3-1-2-4-17(16)28-20(22)23/h1-8,20H,9-13H2. The number of para-hydroxylation sites is 1. The monoisotopic (exact) mass is 408 g/mol. The molecule has 0 radical (unpaired) electrons. The van der Waals surface area contributed by atoms with Gasteiger partial charge in [-0.15, -0.1) is 0 Å². The molecule has 28 heavy (non-hydrogen) atoms. The maximum Gasteiger partial charge on any atom is 0.387 e. The third-order valence-electron chi connectivity index (χ3n) is 4.52. The summed E-state index contributed by atoms with van der Waals surface area (Å²) in [5, 5.41) is 0.611. The van der Waals surface area contributed by atoms with E-state index in [1.165, 1.54) is 18.2 Å². The number of alkyl halides is 2. The van der Waals surface area contributed by atoms with E-state index in [-0.39, 0.29) is 29.5 Å². The topological polar surface area (TPSA) is 49.9 Å². The molecule has 1 aliphatic heterocycles. The minimum Gasteiger partial charge on any atom is -0.434 e. The van der Waals surface area contributed by atoms with Gasteiger partial charge in [0.25, 0.3) is 5.91 Å². The third kappa shape index (κ3) is 4.98. The van der Waals surface area contributed by atoms with E-state index < -0.39 is 6.61 Å². The molecule has 0 atom stereocenters. The van der Waals surface area contributed by atoms with E-state index >= 15 is 0 Å². The Morgan fingerprint density at radius 3 is 2.21 bits per heavy atom. The summed E-state index contributed by atoms with van der Waals surface area (Å²) in [5.41, 5.74) is 0.953. The summed E-state index contributed by atoms with van der Waals surface area (Å²) in [6, 6.07) is 13.0. The second-order valence-electron chi connectivity index (χ2n) is 6.35. The molecule has 1 fully saturated rings. The molecule has 0 spiro atoms. The lowest BCUT2D eigenvalue weighted by molar-refractivity contribution is -0.131. The zero-order chi connectivity index (χ0) is 20.1. The van der Waals surface area contributed by atoms with Crippen molar-refractivity contribution in [3.8, 4) is 5.75 Å². The number of ether oxygens (including phenoxy) is 1. The van der Waals surface area contributed by atoms with Crippen LogP contribution in [0.5, 0.6) is 5.75 Å². The lowest BCUT2D eigenvalue weighted by atomic mass is 10.1.